The van der Waals surface area contributed by atoms with Crippen molar-refractivity contribution in [2.75, 3.05) is 31.1 Å². The Morgan fingerprint density at radius 1 is 1.15 bits per heavy atom. The van der Waals surface area contributed by atoms with Gasteiger partial charge in [0.25, 0.3) is 0 Å². The Morgan fingerprint density at radius 3 is 2.75 bits per heavy atom. The van der Waals surface area contributed by atoms with Gasteiger partial charge in [0.1, 0.15) is 0 Å². The highest BCUT2D eigenvalue weighted by Crippen LogP contribution is 2.28. The fourth-order valence-electron chi connectivity index (χ4n) is 4.01. The largest absolute Gasteiger partial charge is 0.342 e. The van der Waals surface area contributed by atoms with Crippen LogP contribution >= 0.6 is 11.8 Å². The molecule has 0 radical (unpaired) electrons. The molecule has 0 aromatic carbocycles. The van der Waals surface area contributed by atoms with Crippen LogP contribution in [0.3, 0.4) is 0 Å². The zero-order valence-corrected chi connectivity index (χ0v) is 13.3. The van der Waals surface area contributed by atoms with Gasteiger partial charge >= 0.3 is 0 Å². The molecule has 3 saturated heterocycles. The summed E-state index contributed by atoms with van der Waals surface area (Å²) in [7, 11) is 0. The number of amides is 1. The fourth-order valence-corrected chi connectivity index (χ4v) is 5.21. The van der Waals surface area contributed by atoms with Crippen molar-refractivity contribution in [1.82, 2.24) is 10.2 Å². The summed E-state index contributed by atoms with van der Waals surface area (Å²) in [6.07, 6.45) is 8.44. The predicted molar refractivity (Wildman–Crippen MR) is 85.0 cm³/mol. The van der Waals surface area contributed by atoms with Crippen molar-refractivity contribution in [3.05, 3.63) is 0 Å². The third kappa shape index (κ3) is 3.70. The van der Waals surface area contributed by atoms with Gasteiger partial charge in [-0.25, -0.2) is 0 Å². The molecular weight excluding hydrogens is 268 g/mol. The number of thioether (sulfide) groups is 1. The van der Waals surface area contributed by atoms with E-state index in [1.54, 1.807) is 0 Å². The van der Waals surface area contributed by atoms with Gasteiger partial charge in [-0.05, 0) is 68.4 Å². The minimum absolute atomic E-state index is 0.435. The second kappa shape index (κ2) is 7.17. The monoisotopic (exact) mass is 296 g/mol. The van der Waals surface area contributed by atoms with Crippen molar-refractivity contribution in [1.29, 1.82) is 0 Å². The lowest BCUT2D eigenvalue weighted by molar-refractivity contribution is -0.134. The average molecular weight is 296 g/mol. The molecule has 3 heterocycles. The maximum Gasteiger partial charge on any atom is 0.222 e. The van der Waals surface area contributed by atoms with Crippen LogP contribution in [-0.2, 0) is 4.79 Å². The quantitative estimate of drug-likeness (QED) is 0.868. The fraction of sp³-hybridized carbons (Fsp3) is 0.938. The first-order valence-corrected chi connectivity index (χ1v) is 9.57. The van der Waals surface area contributed by atoms with Crippen LogP contribution in [0.25, 0.3) is 0 Å². The maximum absolute atomic E-state index is 12.5. The molecule has 1 N–H and O–H groups in total. The molecule has 3 aliphatic heterocycles. The van der Waals surface area contributed by atoms with E-state index in [4.69, 9.17) is 0 Å². The van der Waals surface area contributed by atoms with E-state index in [1.165, 1.54) is 56.6 Å². The van der Waals surface area contributed by atoms with Crippen LogP contribution in [0.5, 0.6) is 0 Å². The van der Waals surface area contributed by atoms with Crippen molar-refractivity contribution in [2.24, 2.45) is 11.8 Å². The lowest BCUT2D eigenvalue weighted by Gasteiger charge is -2.36. The van der Waals surface area contributed by atoms with Crippen LogP contribution in [0, 0.1) is 11.8 Å². The zero-order valence-electron chi connectivity index (χ0n) is 12.5. The molecule has 3 nitrogen and oxygen atoms in total. The Labute approximate surface area is 127 Å². The first-order chi connectivity index (χ1) is 9.83. The SMILES string of the molecule is O=C(CC1CCSCC1)N1CCCC(C2CCCN2)C1. The first kappa shape index (κ1) is 14.7. The van der Waals surface area contributed by atoms with Crippen LogP contribution in [0.1, 0.15) is 44.9 Å². The summed E-state index contributed by atoms with van der Waals surface area (Å²) in [4.78, 5) is 14.7. The van der Waals surface area contributed by atoms with Gasteiger partial charge in [-0.15, -0.1) is 0 Å². The summed E-state index contributed by atoms with van der Waals surface area (Å²) in [5, 5.41) is 3.63. The number of nitrogens with one attached hydrogen (secondary N) is 1. The van der Waals surface area contributed by atoms with Gasteiger partial charge in [-0.3, -0.25) is 4.79 Å². The van der Waals surface area contributed by atoms with Gasteiger partial charge < -0.3 is 10.2 Å². The molecule has 1 amide bonds. The summed E-state index contributed by atoms with van der Waals surface area (Å²) < 4.78 is 0. The average Bonchev–Trinajstić information content (AvgIpc) is 3.03. The van der Waals surface area contributed by atoms with E-state index >= 15 is 0 Å². The Kier molecular flexibility index (Phi) is 5.27. The van der Waals surface area contributed by atoms with Gasteiger partial charge in [-0.1, -0.05) is 0 Å². The van der Waals surface area contributed by atoms with Crippen LogP contribution in [0.15, 0.2) is 0 Å². The topological polar surface area (TPSA) is 32.3 Å². The van der Waals surface area contributed by atoms with E-state index in [1.807, 2.05) is 11.8 Å². The Balaban J connectivity index is 1.49. The standard InChI is InChI=1S/C16H28N2OS/c19-16(11-13-5-9-20-10-6-13)18-8-2-3-14(12-18)15-4-1-7-17-15/h13-15,17H,1-12H2. The number of carbonyl (C=O) groups excluding carboxylic acids is 1. The van der Waals surface area contributed by atoms with Crippen molar-refractivity contribution in [3.8, 4) is 0 Å². The summed E-state index contributed by atoms with van der Waals surface area (Å²) in [5.74, 6) is 4.31. The highest BCUT2D eigenvalue weighted by atomic mass is 32.2. The van der Waals surface area contributed by atoms with E-state index in [0.29, 0.717) is 23.8 Å². The van der Waals surface area contributed by atoms with Crippen LogP contribution in [-0.4, -0.2) is 48.0 Å². The number of hydrogen-bond donors (Lipinski definition) is 1. The maximum atomic E-state index is 12.5. The van der Waals surface area contributed by atoms with Gasteiger partial charge in [0.05, 0.1) is 0 Å². The summed E-state index contributed by atoms with van der Waals surface area (Å²) in [5.41, 5.74) is 0. The van der Waals surface area contributed by atoms with Gasteiger partial charge in [0, 0.05) is 25.6 Å². The second-order valence-electron chi connectivity index (χ2n) is 6.70. The zero-order chi connectivity index (χ0) is 13.8. The second-order valence-corrected chi connectivity index (χ2v) is 7.93. The predicted octanol–water partition coefficient (Wildman–Crippen LogP) is 2.51. The molecule has 2 atom stereocenters. The van der Waals surface area contributed by atoms with Crippen molar-refractivity contribution in [3.63, 3.8) is 0 Å². The molecule has 0 bridgehead atoms. The van der Waals surface area contributed by atoms with Crippen LogP contribution < -0.4 is 5.32 Å². The van der Waals surface area contributed by atoms with E-state index in [-0.39, 0.29) is 0 Å². The third-order valence-electron chi connectivity index (χ3n) is 5.28. The molecule has 4 heteroatoms. The minimum Gasteiger partial charge on any atom is -0.342 e. The highest BCUT2D eigenvalue weighted by molar-refractivity contribution is 7.99. The van der Waals surface area contributed by atoms with Crippen molar-refractivity contribution >= 4 is 17.7 Å². The summed E-state index contributed by atoms with van der Waals surface area (Å²) >= 11 is 2.05. The van der Waals surface area contributed by atoms with Crippen LogP contribution in [0.2, 0.25) is 0 Å². The Bertz CT molecular complexity index is 324. The van der Waals surface area contributed by atoms with Gasteiger partial charge in [0.2, 0.25) is 5.91 Å². The summed E-state index contributed by atoms with van der Waals surface area (Å²) in [6.45, 7) is 3.19. The first-order valence-electron chi connectivity index (χ1n) is 8.42. The Hall–Kier alpha value is -0.220. The number of hydrogen-bond acceptors (Lipinski definition) is 3. The molecule has 0 aromatic rings. The third-order valence-corrected chi connectivity index (χ3v) is 6.33. The molecule has 20 heavy (non-hydrogen) atoms. The van der Waals surface area contributed by atoms with Gasteiger partial charge in [0.15, 0.2) is 0 Å². The Morgan fingerprint density at radius 2 is 2.00 bits per heavy atom. The molecule has 3 rings (SSSR count). The van der Waals surface area contributed by atoms with E-state index < -0.39 is 0 Å². The molecule has 0 spiro atoms. The molecule has 3 aliphatic rings. The molecular formula is C16H28N2OS. The number of likely N-dealkylation sites (tertiary alicyclic amines) is 1. The van der Waals surface area contributed by atoms with Gasteiger partial charge in [-0.2, -0.15) is 11.8 Å². The minimum atomic E-state index is 0.435. The lowest BCUT2D eigenvalue weighted by atomic mass is 9.89. The summed E-state index contributed by atoms with van der Waals surface area (Å²) in [6, 6.07) is 0.677. The number of nitrogens with zero attached hydrogens (tertiary/aromatic N) is 1. The highest BCUT2D eigenvalue weighted by Gasteiger charge is 2.31. The van der Waals surface area contributed by atoms with E-state index in [9.17, 15) is 4.79 Å². The number of rotatable bonds is 3. The van der Waals surface area contributed by atoms with Crippen molar-refractivity contribution in [2.45, 2.75) is 51.0 Å². The lowest BCUT2D eigenvalue weighted by Crippen LogP contribution is -2.46. The van der Waals surface area contributed by atoms with Crippen LogP contribution in [0.4, 0.5) is 0 Å². The molecule has 0 saturated carbocycles. The van der Waals surface area contributed by atoms with Crippen molar-refractivity contribution < 1.29 is 4.79 Å². The number of piperidine rings is 1. The molecule has 2 unspecified atom stereocenters. The van der Waals surface area contributed by atoms with E-state index in [2.05, 4.69) is 10.2 Å². The molecule has 0 aromatic heterocycles. The molecule has 0 aliphatic carbocycles. The van der Waals surface area contributed by atoms with E-state index in [0.717, 1.165) is 19.5 Å². The normalized spacial score (nSPS) is 32.5. The molecule has 3 fully saturated rings. The smallest absolute Gasteiger partial charge is 0.222 e. The molecule has 114 valence electrons. The number of carbonyl (C=O) groups is 1.